The maximum atomic E-state index is 14.4. The van der Waals surface area contributed by atoms with E-state index < -0.39 is 35.4 Å². The number of amides is 4. The van der Waals surface area contributed by atoms with Crippen LogP contribution >= 0.6 is 0 Å². The molecule has 1 unspecified atom stereocenters. The lowest BCUT2D eigenvalue weighted by molar-refractivity contribution is -0.123. The number of nitrogens with one attached hydrogen (secondary N) is 2. The number of carbonyl (C=O) groups is 4. The maximum Gasteiger partial charge on any atom is 0.417 e. The predicted octanol–water partition coefficient (Wildman–Crippen LogP) is 3.11. The summed E-state index contributed by atoms with van der Waals surface area (Å²) in [5, 5.41) is 15.1. The Morgan fingerprint density at radius 3 is 2.43 bits per heavy atom. The summed E-state index contributed by atoms with van der Waals surface area (Å²) < 4.78 is 16.5. The summed E-state index contributed by atoms with van der Waals surface area (Å²) in [6.07, 6.45) is 3.88. The van der Waals surface area contributed by atoms with Crippen molar-refractivity contribution in [2.75, 3.05) is 33.5 Å². The molecule has 0 fully saturated rings. The molecular formula is C30H38FN7O6. The largest absolute Gasteiger partial charge is 0.464 e. The molecule has 0 radical (unpaired) electrons. The summed E-state index contributed by atoms with van der Waals surface area (Å²) >= 11 is 0. The fourth-order valence-corrected chi connectivity index (χ4v) is 4.44. The summed E-state index contributed by atoms with van der Waals surface area (Å²) in [6, 6.07) is 3.74. The van der Waals surface area contributed by atoms with Gasteiger partial charge < -0.3 is 30.1 Å². The van der Waals surface area contributed by atoms with Crippen molar-refractivity contribution in [3.63, 3.8) is 0 Å². The number of nitrogens with zero attached hydrogens (tertiary/aromatic N) is 5. The zero-order valence-electron chi connectivity index (χ0n) is 25.6. The van der Waals surface area contributed by atoms with Crippen LogP contribution < -0.4 is 16.2 Å². The smallest absolute Gasteiger partial charge is 0.417 e. The van der Waals surface area contributed by atoms with Crippen molar-refractivity contribution in [1.82, 2.24) is 29.2 Å². The molecule has 3 rings (SSSR count). The number of carboxylic acid groups (broad SMARTS) is 1. The normalized spacial score (nSPS) is 12.0. The highest BCUT2D eigenvalue weighted by molar-refractivity contribution is 5.97. The van der Waals surface area contributed by atoms with E-state index in [1.807, 2.05) is 13.8 Å². The molecule has 1 aromatic carbocycles. The molecule has 1 atom stereocenters. The van der Waals surface area contributed by atoms with E-state index in [0.717, 1.165) is 10.6 Å². The molecule has 3 N–H and O–H groups in total. The lowest BCUT2D eigenvalue weighted by atomic mass is 10.0. The fraction of sp³-hybridized carbons (Fsp3) is 0.400. The minimum atomic E-state index is -1.39. The van der Waals surface area contributed by atoms with Crippen LogP contribution in [-0.4, -0.2) is 87.2 Å². The Balaban J connectivity index is 1.90. The van der Waals surface area contributed by atoms with Crippen LogP contribution in [0.4, 0.5) is 19.7 Å². The second kappa shape index (κ2) is 14.4. The Morgan fingerprint density at radius 2 is 1.82 bits per heavy atom. The van der Waals surface area contributed by atoms with Gasteiger partial charge in [0.25, 0.3) is 5.56 Å². The standard InChI is InChI=1S/C30H38FN7O6/c1-18(2)14-19-15-20(31)16-23-26(19)34-24(38(23)30(43)44)17-37-13-9-11-22(28(37)41)32-27(40)21(33-29(42)36(5)6)10-7-8-12-25(39)35(3)4/h8-9,11-13,15-16,18,21H,7,10,14,17H2,1-6H3,(H,32,40)(H,33,42)(H,43,44)/b12-8+. The van der Waals surface area contributed by atoms with Crippen molar-refractivity contribution in [3.8, 4) is 0 Å². The average molecular weight is 612 g/mol. The van der Waals surface area contributed by atoms with Crippen LogP contribution in [0.15, 0.2) is 47.4 Å². The average Bonchev–Trinajstić information content (AvgIpc) is 3.29. The Labute approximate surface area is 254 Å². The van der Waals surface area contributed by atoms with Crippen molar-refractivity contribution in [2.45, 2.75) is 45.7 Å². The summed E-state index contributed by atoms with van der Waals surface area (Å²) in [5.41, 5.74) is 0.200. The number of hydrogen-bond acceptors (Lipinski definition) is 6. The summed E-state index contributed by atoms with van der Waals surface area (Å²) in [4.78, 5) is 70.1. The molecule has 0 aliphatic rings. The highest BCUT2D eigenvalue weighted by Crippen LogP contribution is 2.25. The van der Waals surface area contributed by atoms with Gasteiger partial charge in [-0.05, 0) is 55.0 Å². The topological polar surface area (TPSA) is 159 Å². The number of fused-ring (bicyclic) bond motifs is 1. The minimum absolute atomic E-state index is 0.0103. The van der Waals surface area contributed by atoms with E-state index in [4.69, 9.17) is 0 Å². The first kappa shape index (κ1) is 33.5. The van der Waals surface area contributed by atoms with Gasteiger partial charge in [0.1, 0.15) is 23.4 Å². The molecule has 0 aliphatic carbocycles. The molecule has 2 heterocycles. The lowest BCUT2D eigenvalue weighted by Crippen LogP contribution is -2.48. The van der Waals surface area contributed by atoms with Gasteiger partial charge in [-0.25, -0.2) is 23.5 Å². The second-order valence-corrected chi connectivity index (χ2v) is 11.1. The molecule has 0 saturated heterocycles. The Morgan fingerprint density at radius 1 is 1.11 bits per heavy atom. The SMILES string of the molecule is CC(C)Cc1cc(F)cc2c1nc(Cn1cccc(NC(=O)C(CC/C=C/C(=O)N(C)C)NC(=O)N(C)C)c1=O)n2C(=O)O. The number of urea groups is 1. The molecule has 14 heteroatoms. The maximum absolute atomic E-state index is 14.4. The van der Waals surface area contributed by atoms with Crippen molar-refractivity contribution in [1.29, 1.82) is 0 Å². The van der Waals surface area contributed by atoms with Gasteiger partial charge in [0.15, 0.2) is 0 Å². The Bertz CT molecular complexity index is 1640. The number of pyridine rings is 1. The van der Waals surface area contributed by atoms with Crippen LogP contribution in [0.5, 0.6) is 0 Å². The quantitative estimate of drug-likeness (QED) is 0.281. The number of rotatable bonds is 11. The molecule has 2 aromatic heterocycles. The molecule has 13 nitrogen and oxygen atoms in total. The highest BCUT2D eigenvalue weighted by atomic mass is 19.1. The van der Waals surface area contributed by atoms with Gasteiger partial charge in [0, 0.05) is 40.5 Å². The van der Waals surface area contributed by atoms with E-state index in [9.17, 15) is 33.5 Å². The number of imidazole rings is 1. The number of carbonyl (C=O) groups excluding carboxylic acids is 3. The number of benzene rings is 1. The summed E-state index contributed by atoms with van der Waals surface area (Å²) in [6.45, 7) is 3.62. The van der Waals surface area contributed by atoms with E-state index in [1.165, 1.54) is 58.9 Å². The molecule has 236 valence electrons. The first-order chi connectivity index (χ1) is 20.7. The van der Waals surface area contributed by atoms with Gasteiger partial charge in [-0.3, -0.25) is 14.4 Å². The van der Waals surface area contributed by atoms with Gasteiger partial charge >= 0.3 is 12.1 Å². The van der Waals surface area contributed by atoms with Crippen molar-refractivity contribution >= 4 is 40.7 Å². The van der Waals surface area contributed by atoms with E-state index in [2.05, 4.69) is 15.6 Å². The van der Waals surface area contributed by atoms with Gasteiger partial charge in [-0.1, -0.05) is 19.9 Å². The first-order valence-corrected chi connectivity index (χ1v) is 14.0. The fourth-order valence-electron chi connectivity index (χ4n) is 4.44. The molecule has 0 spiro atoms. The van der Waals surface area contributed by atoms with Crippen LogP contribution in [0, 0.1) is 11.7 Å². The molecular weight excluding hydrogens is 573 g/mol. The van der Waals surface area contributed by atoms with Crippen molar-refractivity contribution < 1.29 is 28.7 Å². The number of halogens is 1. The van der Waals surface area contributed by atoms with E-state index in [-0.39, 0.29) is 48.2 Å². The van der Waals surface area contributed by atoms with Gasteiger partial charge in [0.2, 0.25) is 11.8 Å². The first-order valence-electron chi connectivity index (χ1n) is 14.0. The van der Waals surface area contributed by atoms with Crippen LogP contribution in [0.1, 0.15) is 38.1 Å². The number of aromatic nitrogens is 3. The van der Waals surface area contributed by atoms with Crippen LogP contribution in [0.25, 0.3) is 11.0 Å². The number of likely N-dealkylation sites (N-methyl/N-ethyl adjacent to an activating group) is 1. The molecule has 4 amide bonds. The highest BCUT2D eigenvalue weighted by Gasteiger charge is 2.24. The number of anilines is 1. The Kier molecular flexibility index (Phi) is 11.0. The molecule has 44 heavy (non-hydrogen) atoms. The van der Waals surface area contributed by atoms with Crippen molar-refractivity contribution in [2.24, 2.45) is 5.92 Å². The van der Waals surface area contributed by atoms with E-state index in [0.29, 0.717) is 17.5 Å². The van der Waals surface area contributed by atoms with Crippen molar-refractivity contribution in [3.05, 3.63) is 70.2 Å². The van der Waals surface area contributed by atoms with Gasteiger partial charge in [0.05, 0.1) is 17.6 Å². The predicted molar refractivity (Wildman–Crippen MR) is 163 cm³/mol. The van der Waals surface area contributed by atoms with Crippen LogP contribution in [0.2, 0.25) is 0 Å². The Hall–Kier alpha value is -5.01. The van der Waals surface area contributed by atoms with E-state index in [1.54, 1.807) is 20.2 Å². The second-order valence-electron chi connectivity index (χ2n) is 11.1. The number of allylic oxidation sites excluding steroid dienone is 1. The zero-order valence-corrected chi connectivity index (χ0v) is 25.6. The number of hydrogen-bond donors (Lipinski definition) is 3. The summed E-state index contributed by atoms with van der Waals surface area (Å²) in [7, 11) is 6.24. The van der Waals surface area contributed by atoms with E-state index >= 15 is 0 Å². The third kappa shape index (κ3) is 8.30. The minimum Gasteiger partial charge on any atom is -0.464 e. The molecule has 3 aromatic rings. The third-order valence-corrected chi connectivity index (χ3v) is 6.63. The molecule has 0 saturated carbocycles. The lowest BCUT2D eigenvalue weighted by Gasteiger charge is -2.20. The van der Waals surface area contributed by atoms with Gasteiger partial charge in [-0.15, -0.1) is 0 Å². The molecule has 0 aliphatic heterocycles. The van der Waals surface area contributed by atoms with Gasteiger partial charge in [-0.2, -0.15) is 0 Å². The van der Waals surface area contributed by atoms with Crippen LogP contribution in [0.3, 0.4) is 0 Å². The van der Waals surface area contributed by atoms with Crippen LogP contribution in [-0.2, 0) is 22.6 Å². The monoisotopic (exact) mass is 611 g/mol. The molecule has 0 bridgehead atoms. The third-order valence-electron chi connectivity index (χ3n) is 6.63. The summed E-state index contributed by atoms with van der Waals surface area (Å²) in [5.74, 6) is -1.34. The zero-order chi connectivity index (χ0) is 32.7.